The van der Waals surface area contributed by atoms with Crippen molar-refractivity contribution in [3.8, 4) is 0 Å². The highest BCUT2D eigenvalue weighted by molar-refractivity contribution is 6.31. The highest BCUT2D eigenvalue weighted by atomic mass is 35.5. The van der Waals surface area contributed by atoms with E-state index in [2.05, 4.69) is 10.3 Å². The van der Waals surface area contributed by atoms with Gasteiger partial charge < -0.3 is 10.2 Å². The first kappa shape index (κ1) is 19.1. The standard InChI is InChI=1S/C17H17ClF3N3O/c1-3-24(4-2)15-9-11(7-8-22-15)16(25)23-12-5-6-14(18)13(10-12)17(19,20)21/h5-10H,3-4H2,1-2H3,(H,23,25). The molecule has 1 amide bonds. The lowest BCUT2D eigenvalue weighted by molar-refractivity contribution is -0.137. The van der Waals surface area contributed by atoms with Gasteiger partial charge in [-0.25, -0.2) is 4.98 Å². The average molecular weight is 372 g/mol. The summed E-state index contributed by atoms with van der Waals surface area (Å²) in [5.41, 5.74) is -0.672. The SMILES string of the molecule is CCN(CC)c1cc(C(=O)Nc2ccc(Cl)c(C(F)(F)F)c2)ccn1. The number of benzene rings is 1. The summed E-state index contributed by atoms with van der Waals surface area (Å²) in [4.78, 5) is 18.5. The lowest BCUT2D eigenvalue weighted by Crippen LogP contribution is -2.23. The largest absolute Gasteiger partial charge is 0.417 e. The highest BCUT2D eigenvalue weighted by Gasteiger charge is 2.33. The van der Waals surface area contributed by atoms with E-state index in [1.165, 1.54) is 18.3 Å². The summed E-state index contributed by atoms with van der Waals surface area (Å²) >= 11 is 5.58. The van der Waals surface area contributed by atoms with Crippen molar-refractivity contribution >= 4 is 29.0 Å². The fourth-order valence-corrected chi connectivity index (χ4v) is 2.53. The Hall–Kier alpha value is -2.28. The van der Waals surface area contributed by atoms with E-state index in [0.717, 1.165) is 25.2 Å². The van der Waals surface area contributed by atoms with Crippen molar-refractivity contribution in [1.29, 1.82) is 0 Å². The topological polar surface area (TPSA) is 45.2 Å². The normalized spacial score (nSPS) is 11.3. The van der Waals surface area contributed by atoms with Crippen LogP contribution in [-0.4, -0.2) is 24.0 Å². The minimum Gasteiger partial charge on any atom is -0.357 e. The number of rotatable bonds is 5. The number of pyridine rings is 1. The van der Waals surface area contributed by atoms with Gasteiger partial charge in [0.2, 0.25) is 0 Å². The first-order chi connectivity index (χ1) is 11.8. The molecule has 4 nitrogen and oxygen atoms in total. The Balaban J connectivity index is 2.24. The highest BCUT2D eigenvalue weighted by Crippen LogP contribution is 2.36. The Bertz CT molecular complexity index is 761. The maximum absolute atomic E-state index is 12.9. The molecule has 8 heteroatoms. The zero-order chi connectivity index (χ0) is 18.6. The molecule has 134 valence electrons. The molecule has 1 heterocycles. The number of anilines is 2. The Morgan fingerprint density at radius 3 is 2.48 bits per heavy atom. The van der Waals surface area contributed by atoms with Crippen LogP contribution >= 0.6 is 11.6 Å². The quantitative estimate of drug-likeness (QED) is 0.817. The molecule has 0 fully saturated rings. The van der Waals surface area contributed by atoms with Gasteiger partial charge in [-0.2, -0.15) is 13.2 Å². The summed E-state index contributed by atoms with van der Waals surface area (Å²) in [6.07, 6.45) is -3.10. The van der Waals surface area contributed by atoms with E-state index in [0.29, 0.717) is 11.4 Å². The lowest BCUT2D eigenvalue weighted by Gasteiger charge is -2.20. The van der Waals surface area contributed by atoms with Crippen molar-refractivity contribution in [3.05, 3.63) is 52.7 Å². The second-order valence-corrected chi connectivity index (χ2v) is 5.63. The van der Waals surface area contributed by atoms with Crippen molar-refractivity contribution in [2.45, 2.75) is 20.0 Å². The Morgan fingerprint density at radius 1 is 1.20 bits per heavy atom. The van der Waals surface area contributed by atoms with E-state index in [4.69, 9.17) is 11.6 Å². The molecule has 1 N–H and O–H groups in total. The molecule has 0 atom stereocenters. The molecule has 2 rings (SSSR count). The minimum atomic E-state index is -4.59. The van der Waals surface area contributed by atoms with Crippen molar-refractivity contribution < 1.29 is 18.0 Å². The van der Waals surface area contributed by atoms with Crippen LogP contribution in [0.1, 0.15) is 29.8 Å². The number of hydrogen-bond donors (Lipinski definition) is 1. The van der Waals surface area contributed by atoms with Gasteiger partial charge in [0, 0.05) is 30.5 Å². The molecule has 2 aromatic rings. The molecular formula is C17H17ClF3N3O. The first-order valence-electron chi connectivity index (χ1n) is 7.65. The number of carbonyl (C=O) groups excluding carboxylic acids is 1. The zero-order valence-electron chi connectivity index (χ0n) is 13.7. The van der Waals surface area contributed by atoms with E-state index in [9.17, 15) is 18.0 Å². The molecule has 0 saturated heterocycles. The van der Waals surface area contributed by atoms with Crippen LogP contribution in [-0.2, 0) is 6.18 Å². The average Bonchev–Trinajstić information content (AvgIpc) is 2.57. The maximum Gasteiger partial charge on any atom is 0.417 e. The summed E-state index contributed by atoms with van der Waals surface area (Å²) < 4.78 is 38.7. The van der Waals surface area contributed by atoms with Crippen molar-refractivity contribution in [2.24, 2.45) is 0 Å². The minimum absolute atomic E-state index is 0.0166. The van der Waals surface area contributed by atoms with Gasteiger partial charge in [-0.3, -0.25) is 4.79 Å². The Morgan fingerprint density at radius 2 is 1.88 bits per heavy atom. The summed E-state index contributed by atoms with van der Waals surface area (Å²) in [5.74, 6) is 0.107. The summed E-state index contributed by atoms with van der Waals surface area (Å²) in [6.45, 7) is 5.37. The van der Waals surface area contributed by atoms with Crippen LogP contribution < -0.4 is 10.2 Å². The molecule has 0 aliphatic carbocycles. The fourth-order valence-electron chi connectivity index (χ4n) is 2.30. The lowest BCUT2D eigenvalue weighted by atomic mass is 10.1. The second kappa shape index (κ2) is 7.74. The number of amides is 1. The predicted octanol–water partition coefficient (Wildman–Crippen LogP) is 4.85. The summed E-state index contributed by atoms with van der Waals surface area (Å²) in [6, 6.07) is 6.34. The molecule has 0 aliphatic heterocycles. The van der Waals surface area contributed by atoms with E-state index >= 15 is 0 Å². The molecular weight excluding hydrogens is 355 g/mol. The molecule has 0 spiro atoms. The molecule has 1 aromatic heterocycles. The number of carbonyl (C=O) groups is 1. The Kier molecular flexibility index (Phi) is 5.89. The third kappa shape index (κ3) is 4.63. The van der Waals surface area contributed by atoms with Crippen LogP contribution in [0.15, 0.2) is 36.5 Å². The van der Waals surface area contributed by atoms with Gasteiger partial charge in [-0.05, 0) is 44.2 Å². The number of halogens is 4. The van der Waals surface area contributed by atoms with Crippen molar-refractivity contribution in [1.82, 2.24) is 4.98 Å². The molecule has 0 aliphatic rings. The third-order valence-electron chi connectivity index (χ3n) is 3.62. The van der Waals surface area contributed by atoms with E-state index in [1.54, 1.807) is 6.07 Å². The van der Waals surface area contributed by atoms with Gasteiger partial charge in [-0.1, -0.05) is 11.6 Å². The maximum atomic E-state index is 12.9. The van der Waals surface area contributed by atoms with Crippen LogP contribution in [0.25, 0.3) is 0 Å². The third-order valence-corrected chi connectivity index (χ3v) is 3.95. The smallest absolute Gasteiger partial charge is 0.357 e. The number of alkyl halides is 3. The van der Waals surface area contributed by atoms with Gasteiger partial charge in [0.05, 0.1) is 10.6 Å². The molecule has 0 saturated carbocycles. The van der Waals surface area contributed by atoms with Crippen LogP contribution in [0.5, 0.6) is 0 Å². The molecule has 0 unspecified atom stereocenters. The zero-order valence-corrected chi connectivity index (χ0v) is 14.4. The molecule has 25 heavy (non-hydrogen) atoms. The molecule has 0 radical (unpaired) electrons. The van der Waals surface area contributed by atoms with Crippen LogP contribution in [0.3, 0.4) is 0 Å². The van der Waals surface area contributed by atoms with Crippen LogP contribution in [0, 0.1) is 0 Å². The van der Waals surface area contributed by atoms with Crippen LogP contribution in [0.4, 0.5) is 24.7 Å². The van der Waals surface area contributed by atoms with Gasteiger partial charge in [0.15, 0.2) is 0 Å². The van der Waals surface area contributed by atoms with Gasteiger partial charge in [0.1, 0.15) is 5.82 Å². The van der Waals surface area contributed by atoms with Crippen LogP contribution in [0.2, 0.25) is 5.02 Å². The monoisotopic (exact) mass is 371 g/mol. The molecule has 1 aromatic carbocycles. The number of nitrogens with one attached hydrogen (secondary N) is 1. The molecule has 0 bridgehead atoms. The van der Waals surface area contributed by atoms with E-state index < -0.39 is 22.7 Å². The summed E-state index contributed by atoms with van der Waals surface area (Å²) in [5, 5.41) is 2.04. The second-order valence-electron chi connectivity index (χ2n) is 5.22. The van der Waals surface area contributed by atoms with Gasteiger partial charge in [-0.15, -0.1) is 0 Å². The Labute approximate surface area is 148 Å². The van der Waals surface area contributed by atoms with Crippen molar-refractivity contribution in [2.75, 3.05) is 23.3 Å². The fraction of sp³-hybridized carbons (Fsp3) is 0.294. The van der Waals surface area contributed by atoms with E-state index in [-0.39, 0.29) is 5.69 Å². The van der Waals surface area contributed by atoms with E-state index in [1.807, 2.05) is 18.7 Å². The number of hydrogen-bond acceptors (Lipinski definition) is 3. The van der Waals surface area contributed by atoms with Crippen molar-refractivity contribution in [3.63, 3.8) is 0 Å². The first-order valence-corrected chi connectivity index (χ1v) is 8.03. The summed E-state index contributed by atoms with van der Waals surface area (Å²) in [7, 11) is 0. The van der Waals surface area contributed by atoms with Gasteiger partial charge in [0.25, 0.3) is 5.91 Å². The number of nitrogens with zero attached hydrogens (tertiary/aromatic N) is 2. The number of aromatic nitrogens is 1. The van der Waals surface area contributed by atoms with Gasteiger partial charge >= 0.3 is 6.18 Å². The predicted molar refractivity (Wildman–Crippen MR) is 92.2 cm³/mol.